The molecule has 4 aromatic rings. The molecule has 3 heterocycles. The normalized spacial score (nSPS) is 10.7. The molecule has 9 nitrogen and oxygen atoms in total. The number of nitrogens with zero attached hydrogens (tertiary/aromatic N) is 4. The minimum absolute atomic E-state index is 0.297. The van der Waals surface area contributed by atoms with Gasteiger partial charge in [0.2, 0.25) is 11.9 Å². The van der Waals surface area contributed by atoms with Gasteiger partial charge >= 0.3 is 6.03 Å². The molecule has 0 aliphatic carbocycles. The first-order valence-electron chi connectivity index (χ1n) is 9.21. The van der Waals surface area contributed by atoms with Crippen molar-refractivity contribution in [3.8, 4) is 11.1 Å². The fourth-order valence-corrected chi connectivity index (χ4v) is 2.81. The van der Waals surface area contributed by atoms with Crippen LogP contribution >= 0.6 is 0 Å². The Hall–Kier alpha value is -4.01. The van der Waals surface area contributed by atoms with E-state index in [9.17, 15) is 4.79 Å². The second kappa shape index (κ2) is 8.34. The average Bonchev–Trinajstić information content (AvgIpc) is 3.15. The molecule has 0 aliphatic heterocycles. The van der Waals surface area contributed by atoms with Crippen LogP contribution in [-0.2, 0) is 6.54 Å². The zero-order chi connectivity index (χ0) is 20.1. The quantitative estimate of drug-likeness (QED) is 0.403. The van der Waals surface area contributed by atoms with Crippen molar-refractivity contribution in [2.75, 3.05) is 17.2 Å². The van der Waals surface area contributed by atoms with E-state index in [1.165, 1.54) is 0 Å². The van der Waals surface area contributed by atoms with Crippen molar-refractivity contribution in [1.82, 2.24) is 30.2 Å². The van der Waals surface area contributed by atoms with Gasteiger partial charge in [-0.1, -0.05) is 12.1 Å². The van der Waals surface area contributed by atoms with Crippen LogP contribution in [0.4, 0.5) is 16.7 Å². The Morgan fingerprint density at radius 3 is 2.72 bits per heavy atom. The largest absolute Gasteiger partial charge is 0.350 e. The number of hydrogen-bond donors (Lipinski definition) is 4. The van der Waals surface area contributed by atoms with Crippen molar-refractivity contribution in [2.45, 2.75) is 13.5 Å². The van der Waals surface area contributed by atoms with E-state index in [0.29, 0.717) is 25.0 Å². The Morgan fingerprint density at radius 2 is 1.97 bits per heavy atom. The highest BCUT2D eigenvalue weighted by atomic mass is 16.2. The van der Waals surface area contributed by atoms with Crippen LogP contribution in [0.15, 0.2) is 55.1 Å². The molecule has 0 radical (unpaired) electrons. The van der Waals surface area contributed by atoms with Crippen LogP contribution in [0.2, 0.25) is 0 Å². The number of carbonyl (C=O) groups excluding carboxylic acids is 1. The molecule has 146 valence electrons. The number of rotatable bonds is 6. The number of aromatic amines is 1. The molecule has 29 heavy (non-hydrogen) atoms. The van der Waals surface area contributed by atoms with Crippen LogP contribution in [0.25, 0.3) is 22.2 Å². The molecule has 0 atom stereocenters. The molecular weight excluding hydrogens is 368 g/mol. The van der Waals surface area contributed by atoms with E-state index in [2.05, 4.69) is 40.9 Å². The Bertz CT molecular complexity index is 1110. The van der Waals surface area contributed by atoms with Crippen LogP contribution in [0, 0.1) is 0 Å². The van der Waals surface area contributed by atoms with Gasteiger partial charge in [-0.25, -0.2) is 19.7 Å². The number of hydrogen-bond acceptors (Lipinski definition) is 6. The molecule has 4 rings (SSSR count). The number of fused-ring (bicyclic) bond motifs is 1. The highest BCUT2D eigenvalue weighted by Crippen LogP contribution is 2.23. The minimum atomic E-state index is -0.297. The fourth-order valence-electron chi connectivity index (χ4n) is 2.81. The zero-order valence-electron chi connectivity index (χ0n) is 15.8. The molecule has 0 spiro atoms. The monoisotopic (exact) mass is 388 g/mol. The summed E-state index contributed by atoms with van der Waals surface area (Å²) >= 11 is 0. The third-order valence-corrected chi connectivity index (χ3v) is 4.21. The van der Waals surface area contributed by atoms with E-state index >= 15 is 0 Å². The van der Waals surface area contributed by atoms with Gasteiger partial charge in [-0.3, -0.25) is 10.3 Å². The van der Waals surface area contributed by atoms with Crippen LogP contribution in [-0.4, -0.2) is 37.5 Å². The van der Waals surface area contributed by atoms with E-state index in [0.717, 1.165) is 27.7 Å². The highest BCUT2D eigenvalue weighted by molar-refractivity contribution is 5.90. The predicted octanol–water partition coefficient (Wildman–Crippen LogP) is 3.17. The second-order valence-electron chi connectivity index (χ2n) is 6.31. The summed E-state index contributed by atoms with van der Waals surface area (Å²) in [5, 5.41) is 8.51. The average molecular weight is 388 g/mol. The summed E-state index contributed by atoms with van der Waals surface area (Å²) in [4.78, 5) is 32.0. The number of anilines is 2. The number of nitrogens with one attached hydrogen (secondary N) is 4. The summed E-state index contributed by atoms with van der Waals surface area (Å²) in [7, 11) is 0. The molecule has 0 aliphatic rings. The summed E-state index contributed by atoms with van der Waals surface area (Å²) in [6.45, 7) is 3.00. The van der Waals surface area contributed by atoms with Gasteiger partial charge in [0.1, 0.15) is 0 Å². The van der Waals surface area contributed by atoms with Gasteiger partial charge in [-0.05, 0) is 36.2 Å². The van der Waals surface area contributed by atoms with E-state index in [4.69, 9.17) is 0 Å². The molecule has 0 unspecified atom stereocenters. The lowest BCUT2D eigenvalue weighted by atomic mass is 10.1. The first kappa shape index (κ1) is 18.4. The zero-order valence-corrected chi connectivity index (χ0v) is 15.8. The Labute approximate surface area is 167 Å². The number of aromatic nitrogens is 5. The van der Waals surface area contributed by atoms with Crippen LogP contribution in [0.1, 0.15) is 12.5 Å². The lowest BCUT2D eigenvalue weighted by molar-refractivity contribution is 0.252. The summed E-state index contributed by atoms with van der Waals surface area (Å²) in [5.74, 6) is 0.946. The number of urea groups is 1. The van der Waals surface area contributed by atoms with Gasteiger partial charge in [0.05, 0.1) is 11.0 Å². The van der Waals surface area contributed by atoms with Crippen molar-refractivity contribution in [2.24, 2.45) is 0 Å². The van der Waals surface area contributed by atoms with Gasteiger partial charge in [-0.15, -0.1) is 0 Å². The number of H-pyrrole nitrogens is 1. The molecule has 4 N–H and O–H groups in total. The molecule has 2 amide bonds. The maximum atomic E-state index is 11.6. The van der Waals surface area contributed by atoms with E-state index in [-0.39, 0.29) is 6.03 Å². The third kappa shape index (κ3) is 4.46. The highest BCUT2D eigenvalue weighted by Gasteiger charge is 2.08. The molecule has 0 bridgehead atoms. The topological polar surface area (TPSA) is 121 Å². The van der Waals surface area contributed by atoms with Crippen molar-refractivity contribution >= 4 is 29.0 Å². The predicted molar refractivity (Wildman–Crippen MR) is 111 cm³/mol. The number of pyridine rings is 1. The van der Waals surface area contributed by atoms with Gasteiger partial charge in [0, 0.05) is 43.4 Å². The molecule has 3 aromatic heterocycles. The van der Waals surface area contributed by atoms with E-state index in [1.807, 2.05) is 37.3 Å². The lowest BCUT2D eigenvalue weighted by Crippen LogP contribution is -2.28. The first-order chi connectivity index (χ1) is 14.2. The number of imidazole rings is 1. The molecule has 0 saturated carbocycles. The maximum absolute atomic E-state index is 11.6. The Morgan fingerprint density at radius 1 is 1.10 bits per heavy atom. The smallest absolute Gasteiger partial charge is 0.321 e. The van der Waals surface area contributed by atoms with Gasteiger partial charge in [0.25, 0.3) is 0 Å². The molecule has 1 aromatic carbocycles. The van der Waals surface area contributed by atoms with Crippen LogP contribution < -0.4 is 16.0 Å². The second-order valence-corrected chi connectivity index (χ2v) is 6.31. The minimum Gasteiger partial charge on any atom is -0.350 e. The lowest BCUT2D eigenvalue weighted by Gasteiger charge is -2.05. The van der Waals surface area contributed by atoms with Crippen molar-refractivity contribution in [3.63, 3.8) is 0 Å². The summed E-state index contributed by atoms with van der Waals surface area (Å²) in [6.07, 6.45) is 7.07. The maximum Gasteiger partial charge on any atom is 0.321 e. The Kier molecular flexibility index (Phi) is 5.28. The van der Waals surface area contributed by atoms with Crippen LogP contribution in [0.3, 0.4) is 0 Å². The standard InChI is InChI=1S/C20H20N8O/c1-2-22-20(29)28-19-26-16-6-5-14(8-17(16)27-19)15-11-24-18(25-12-15)23-10-13-4-3-7-21-9-13/h3-9,11-12H,2,10H2,1H3,(H,23,24,25)(H3,22,26,27,28,29). The van der Waals surface area contributed by atoms with Crippen molar-refractivity contribution < 1.29 is 4.79 Å². The molecule has 0 fully saturated rings. The summed E-state index contributed by atoms with van der Waals surface area (Å²) in [6, 6.07) is 9.38. The van der Waals surface area contributed by atoms with Crippen LogP contribution in [0.5, 0.6) is 0 Å². The van der Waals surface area contributed by atoms with Crippen molar-refractivity contribution in [1.29, 1.82) is 0 Å². The molecular formula is C20H20N8O. The summed E-state index contributed by atoms with van der Waals surface area (Å²) in [5.41, 5.74) is 4.44. The number of benzene rings is 1. The van der Waals surface area contributed by atoms with Gasteiger partial charge in [0.15, 0.2) is 0 Å². The Balaban J connectivity index is 1.46. The van der Waals surface area contributed by atoms with Crippen molar-refractivity contribution in [3.05, 3.63) is 60.7 Å². The number of carbonyl (C=O) groups is 1. The SMILES string of the molecule is CCNC(=O)Nc1nc2cc(-c3cnc(NCc4cccnc4)nc3)ccc2[nH]1. The summed E-state index contributed by atoms with van der Waals surface area (Å²) < 4.78 is 0. The molecule has 0 saturated heterocycles. The van der Waals surface area contributed by atoms with Gasteiger partial charge in [-0.2, -0.15) is 0 Å². The molecule has 9 heteroatoms. The van der Waals surface area contributed by atoms with Gasteiger partial charge < -0.3 is 15.6 Å². The van der Waals surface area contributed by atoms with E-state index < -0.39 is 0 Å². The fraction of sp³-hybridized carbons (Fsp3) is 0.150. The number of amides is 2. The van der Waals surface area contributed by atoms with E-state index in [1.54, 1.807) is 24.8 Å². The third-order valence-electron chi connectivity index (χ3n) is 4.21. The first-order valence-corrected chi connectivity index (χ1v) is 9.21.